The molecule has 0 bridgehead atoms. The van der Waals surface area contributed by atoms with Gasteiger partial charge in [-0.2, -0.15) is 5.10 Å². The number of nitrogens with two attached hydrogens (primary N) is 1. The molecule has 0 radical (unpaired) electrons. The van der Waals surface area contributed by atoms with Crippen LogP contribution in [0.15, 0.2) is 30.3 Å². The first-order valence-electron chi connectivity index (χ1n) is 6.65. The molecule has 2 aromatic rings. The lowest BCUT2D eigenvalue weighted by atomic mass is 9.86. The van der Waals surface area contributed by atoms with Gasteiger partial charge in [0.25, 0.3) is 0 Å². The third kappa shape index (κ3) is 1.75. The number of aromatic nitrogens is 2. The molecule has 3 heteroatoms. The summed E-state index contributed by atoms with van der Waals surface area (Å²) in [5.41, 5.74) is 11.0. The fourth-order valence-electron chi connectivity index (χ4n) is 2.96. The second kappa shape index (κ2) is 4.58. The Morgan fingerprint density at radius 1 is 1.33 bits per heavy atom. The smallest absolute Gasteiger partial charge is 0.0649 e. The summed E-state index contributed by atoms with van der Waals surface area (Å²) in [7, 11) is 0. The lowest BCUT2D eigenvalue weighted by Gasteiger charge is -2.23. The van der Waals surface area contributed by atoms with Gasteiger partial charge in [-0.05, 0) is 43.9 Å². The van der Waals surface area contributed by atoms with Crippen molar-refractivity contribution in [2.75, 3.05) is 6.54 Å². The van der Waals surface area contributed by atoms with Crippen LogP contribution in [-0.2, 0) is 6.42 Å². The van der Waals surface area contributed by atoms with E-state index in [1.54, 1.807) is 0 Å². The summed E-state index contributed by atoms with van der Waals surface area (Å²) in [5.74, 6) is 0.454. The van der Waals surface area contributed by atoms with Crippen LogP contribution in [0.3, 0.4) is 0 Å². The molecule has 1 heterocycles. The van der Waals surface area contributed by atoms with Crippen LogP contribution >= 0.6 is 0 Å². The van der Waals surface area contributed by atoms with E-state index in [2.05, 4.69) is 35.9 Å². The van der Waals surface area contributed by atoms with Gasteiger partial charge in [0.15, 0.2) is 0 Å². The van der Waals surface area contributed by atoms with E-state index < -0.39 is 0 Å². The molecule has 1 aromatic heterocycles. The van der Waals surface area contributed by atoms with Crippen LogP contribution in [0.1, 0.15) is 35.7 Å². The lowest BCUT2D eigenvalue weighted by molar-refractivity contribution is 0.534. The molecule has 94 valence electrons. The van der Waals surface area contributed by atoms with E-state index in [9.17, 15) is 0 Å². The van der Waals surface area contributed by atoms with Gasteiger partial charge in [0, 0.05) is 12.5 Å². The number of hydrogen-bond donors (Lipinski definition) is 1. The number of aryl methyl sites for hydroxylation is 1. The van der Waals surface area contributed by atoms with E-state index in [1.165, 1.54) is 24.1 Å². The van der Waals surface area contributed by atoms with Gasteiger partial charge in [0.1, 0.15) is 0 Å². The zero-order valence-corrected chi connectivity index (χ0v) is 10.8. The van der Waals surface area contributed by atoms with Crippen LogP contribution in [0.5, 0.6) is 0 Å². The Balaban J connectivity index is 2.17. The summed E-state index contributed by atoms with van der Waals surface area (Å²) in [6, 6.07) is 10.4. The Morgan fingerprint density at radius 2 is 2.11 bits per heavy atom. The maximum Gasteiger partial charge on any atom is 0.0649 e. The van der Waals surface area contributed by atoms with Crippen LogP contribution in [0, 0.1) is 6.92 Å². The Bertz CT molecular complexity index is 542. The van der Waals surface area contributed by atoms with E-state index in [0.29, 0.717) is 12.5 Å². The standard InChI is InChI=1S/C15H19N3/c1-11-14-9-5-6-12(10-16)15(14)18(17-11)13-7-3-2-4-8-13/h2-4,7-8,12H,5-6,9-10,16H2,1H3. The van der Waals surface area contributed by atoms with Crippen molar-refractivity contribution in [3.63, 3.8) is 0 Å². The van der Waals surface area contributed by atoms with Gasteiger partial charge in [0.05, 0.1) is 17.1 Å². The van der Waals surface area contributed by atoms with Crippen molar-refractivity contribution in [1.82, 2.24) is 9.78 Å². The molecule has 0 fully saturated rings. The largest absolute Gasteiger partial charge is 0.330 e. The average molecular weight is 241 g/mol. The highest BCUT2D eigenvalue weighted by Gasteiger charge is 2.26. The summed E-state index contributed by atoms with van der Waals surface area (Å²) >= 11 is 0. The lowest BCUT2D eigenvalue weighted by Crippen LogP contribution is -2.21. The predicted octanol–water partition coefficient (Wildman–Crippen LogP) is 2.56. The van der Waals surface area contributed by atoms with Crippen LogP contribution in [0.2, 0.25) is 0 Å². The predicted molar refractivity (Wildman–Crippen MR) is 73.0 cm³/mol. The monoisotopic (exact) mass is 241 g/mol. The first-order chi connectivity index (χ1) is 8.81. The first-order valence-corrected chi connectivity index (χ1v) is 6.65. The molecule has 0 saturated carbocycles. The topological polar surface area (TPSA) is 43.8 Å². The van der Waals surface area contributed by atoms with Crippen LogP contribution in [0.25, 0.3) is 5.69 Å². The molecule has 1 unspecified atom stereocenters. The van der Waals surface area contributed by atoms with Gasteiger partial charge >= 0.3 is 0 Å². The van der Waals surface area contributed by atoms with E-state index >= 15 is 0 Å². The minimum absolute atomic E-state index is 0.454. The van der Waals surface area contributed by atoms with E-state index in [1.807, 2.05) is 6.07 Å². The van der Waals surface area contributed by atoms with E-state index in [4.69, 9.17) is 10.8 Å². The van der Waals surface area contributed by atoms with Gasteiger partial charge in [-0.25, -0.2) is 4.68 Å². The molecule has 0 spiro atoms. The zero-order chi connectivity index (χ0) is 12.5. The molecular weight excluding hydrogens is 222 g/mol. The van der Waals surface area contributed by atoms with Gasteiger partial charge in [-0.1, -0.05) is 18.2 Å². The maximum absolute atomic E-state index is 5.93. The summed E-state index contributed by atoms with van der Waals surface area (Å²) < 4.78 is 2.10. The van der Waals surface area contributed by atoms with Gasteiger partial charge in [0.2, 0.25) is 0 Å². The SMILES string of the molecule is Cc1nn(-c2ccccc2)c2c1CCCC2CN. The highest BCUT2D eigenvalue weighted by Crippen LogP contribution is 2.34. The normalized spacial score (nSPS) is 18.7. The maximum atomic E-state index is 5.93. The Morgan fingerprint density at radius 3 is 2.83 bits per heavy atom. The number of rotatable bonds is 2. The number of benzene rings is 1. The number of para-hydroxylation sites is 1. The van der Waals surface area contributed by atoms with Gasteiger partial charge in [-0.15, -0.1) is 0 Å². The molecule has 3 rings (SSSR count). The molecule has 1 atom stereocenters. The number of fused-ring (bicyclic) bond motifs is 1. The molecule has 0 aliphatic heterocycles. The molecule has 2 N–H and O–H groups in total. The van der Waals surface area contributed by atoms with Crippen LogP contribution in [0.4, 0.5) is 0 Å². The Labute approximate surface area is 108 Å². The highest BCUT2D eigenvalue weighted by atomic mass is 15.3. The summed E-state index contributed by atoms with van der Waals surface area (Å²) in [5, 5.41) is 4.72. The molecule has 1 aromatic carbocycles. The quantitative estimate of drug-likeness (QED) is 0.878. The average Bonchev–Trinajstić information content (AvgIpc) is 2.77. The fourth-order valence-corrected chi connectivity index (χ4v) is 2.96. The summed E-state index contributed by atoms with van der Waals surface area (Å²) in [4.78, 5) is 0. The Kier molecular flexibility index (Phi) is 2.92. The minimum Gasteiger partial charge on any atom is -0.330 e. The van der Waals surface area contributed by atoms with E-state index in [0.717, 1.165) is 17.8 Å². The first kappa shape index (κ1) is 11.5. The van der Waals surface area contributed by atoms with Crippen LogP contribution in [-0.4, -0.2) is 16.3 Å². The molecule has 1 aliphatic rings. The summed E-state index contributed by atoms with van der Waals surface area (Å²) in [6.07, 6.45) is 3.56. The second-order valence-corrected chi connectivity index (χ2v) is 5.02. The van der Waals surface area contributed by atoms with Crippen molar-refractivity contribution in [3.05, 3.63) is 47.3 Å². The van der Waals surface area contributed by atoms with Crippen molar-refractivity contribution in [2.24, 2.45) is 5.73 Å². The third-order valence-corrected chi connectivity index (χ3v) is 3.88. The highest BCUT2D eigenvalue weighted by molar-refractivity contribution is 5.40. The minimum atomic E-state index is 0.454. The van der Waals surface area contributed by atoms with Gasteiger partial charge in [-0.3, -0.25) is 0 Å². The molecule has 3 nitrogen and oxygen atoms in total. The zero-order valence-electron chi connectivity index (χ0n) is 10.8. The molecule has 18 heavy (non-hydrogen) atoms. The van der Waals surface area contributed by atoms with E-state index in [-0.39, 0.29) is 0 Å². The molecular formula is C15H19N3. The molecule has 0 amide bonds. The van der Waals surface area contributed by atoms with Gasteiger partial charge < -0.3 is 5.73 Å². The molecule has 0 saturated heterocycles. The second-order valence-electron chi connectivity index (χ2n) is 5.02. The number of hydrogen-bond acceptors (Lipinski definition) is 2. The fraction of sp³-hybridized carbons (Fsp3) is 0.400. The van der Waals surface area contributed by atoms with Crippen molar-refractivity contribution in [3.8, 4) is 5.69 Å². The van der Waals surface area contributed by atoms with Crippen molar-refractivity contribution in [1.29, 1.82) is 0 Å². The van der Waals surface area contributed by atoms with Crippen molar-refractivity contribution >= 4 is 0 Å². The van der Waals surface area contributed by atoms with Crippen molar-refractivity contribution < 1.29 is 0 Å². The van der Waals surface area contributed by atoms with Crippen LogP contribution < -0.4 is 5.73 Å². The summed E-state index contributed by atoms with van der Waals surface area (Å²) in [6.45, 7) is 2.82. The number of nitrogens with zero attached hydrogens (tertiary/aromatic N) is 2. The Hall–Kier alpha value is -1.61. The van der Waals surface area contributed by atoms with Crippen molar-refractivity contribution in [2.45, 2.75) is 32.1 Å². The third-order valence-electron chi connectivity index (χ3n) is 3.88. The molecule has 1 aliphatic carbocycles.